The summed E-state index contributed by atoms with van der Waals surface area (Å²) in [4.78, 5) is 26.1. The first-order valence-corrected chi connectivity index (χ1v) is 4.53. The van der Waals surface area contributed by atoms with Crippen LogP contribution in [0.15, 0.2) is 5.03 Å². The Bertz CT molecular complexity index is 375. The maximum Gasteiger partial charge on any atom is 0.354 e. The van der Waals surface area contributed by atoms with Gasteiger partial charge in [0, 0.05) is 12.7 Å². The zero-order valence-corrected chi connectivity index (χ0v) is 7.96. The molecule has 1 aromatic heterocycles. The number of imidazole rings is 1. The van der Waals surface area contributed by atoms with Crippen molar-refractivity contribution in [3.05, 3.63) is 15.9 Å². The van der Waals surface area contributed by atoms with E-state index in [0.717, 1.165) is 11.8 Å². The average Bonchev–Trinajstić information content (AvgIpc) is 2.43. The third kappa shape index (κ3) is 2.46. The van der Waals surface area contributed by atoms with E-state index in [2.05, 4.69) is 9.97 Å². The number of aromatic amines is 1. The summed E-state index contributed by atoms with van der Waals surface area (Å²) in [5.41, 5.74) is 0. The molecule has 0 saturated heterocycles. The predicted molar refractivity (Wildman–Crippen MR) is 45.7 cm³/mol. The van der Waals surface area contributed by atoms with Crippen molar-refractivity contribution in [2.45, 2.75) is 11.9 Å². The van der Waals surface area contributed by atoms with Gasteiger partial charge in [0.15, 0.2) is 10.9 Å². The standard InChI is InChI=1S/C6H7N3O4S/c1-3-7-5(9(12)13)6(8-3)14-2-4(10)11/h2H2,1H3,(H,7,8)(H,10,11)/p-1. The SMILES string of the molecule is Cc1nc(SCC(=O)[O-])c([N+](=O)[O-])[nH]1. The molecule has 7 nitrogen and oxygen atoms in total. The number of thioether (sulfide) groups is 1. The van der Waals surface area contributed by atoms with Crippen molar-refractivity contribution in [1.29, 1.82) is 0 Å². The van der Waals surface area contributed by atoms with Gasteiger partial charge < -0.3 is 20.0 Å². The van der Waals surface area contributed by atoms with Crippen molar-refractivity contribution < 1.29 is 14.8 Å². The molecule has 0 fully saturated rings. The molecule has 1 rings (SSSR count). The highest BCUT2D eigenvalue weighted by Crippen LogP contribution is 2.25. The Kier molecular flexibility index (Phi) is 3.07. The first kappa shape index (κ1) is 10.5. The topological polar surface area (TPSA) is 112 Å². The van der Waals surface area contributed by atoms with E-state index in [1.54, 1.807) is 6.92 Å². The lowest BCUT2D eigenvalue weighted by atomic mass is 10.7. The Morgan fingerprint density at radius 3 is 2.86 bits per heavy atom. The maximum atomic E-state index is 10.4. The van der Waals surface area contributed by atoms with Crippen LogP contribution in [0.4, 0.5) is 5.82 Å². The second-order valence-corrected chi connectivity index (χ2v) is 3.36. The number of carboxylic acids is 1. The van der Waals surface area contributed by atoms with Crippen LogP contribution in [-0.4, -0.2) is 26.6 Å². The minimum Gasteiger partial charge on any atom is -0.549 e. The van der Waals surface area contributed by atoms with Crippen LogP contribution in [0.25, 0.3) is 0 Å². The number of aromatic nitrogens is 2. The van der Waals surface area contributed by atoms with Crippen molar-refractivity contribution in [3.8, 4) is 0 Å². The van der Waals surface area contributed by atoms with E-state index in [4.69, 9.17) is 0 Å². The van der Waals surface area contributed by atoms with Gasteiger partial charge in [-0.2, -0.15) is 4.98 Å². The quantitative estimate of drug-likeness (QED) is 0.411. The van der Waals surface area contributed by atoms with Crippen LogP contribution in [-0.2, 0) is 4.79 Å². The number of aryl methyl sites for hydroxylation is 1. The van der Waals surface area contributed by atoms with E-state index < -0.39 is 10.9 Å². The number of nitro groups is 1. The van der Waals surface area contributed by atoms with E-state index >= 15 is 0 Å². The average molecular weight is 216 g/mol. The molecule has 0 aliphatic carbocycles. The number of nitrogens with zero attached hydrogens (tertiary/aromatic N) is 2. The highest BCUT2D eigenvalue weighted by Gasteiger charge is 2.17. The van der Waals surface area contributed by atoms with Crippen molar-refractivity contribution in [1.82, 2.24) is 9.97 Å². The van der Waals surface area contributed by atoms with Crippen LogP contribution in [0.3, 0.4) is 0 Å². The number of hydrogen-bond acceptors (Lipinski definition) is 6. The fourth-order valence-electron chi connectivity index (χ4n) is 0.810. The zero-order chi connectivity index (χ0) is 10.7. The predicted octanol–water partition coefficient (Wildman–Crippen LogP) is -0.532. The van der Waals surface area contributed by atoms with Crippen molar-refractivity contribution in [2.24, 2.45) is 0 Å². The van der Waals surface area contributed by atoms with E-state index in [0.29, 0.717) is 5.82 Å². The van der Waals surface area contributed by atoms with Gasteiger partial charge in [-0.1, -0.05) is 11.8 Å². The Morgan fingerprint density at radius 1 is 1.71 bits per heavy atom. The van der Waals surface area contributed by atoms with Gasteiger partial charge >= 0.3 is 5.82 Å². The molecule has 0 atom stereocenters. The molecule has 0 aromatic carbocycles. The zero-order valence-electron chi connectivity index (χ0n) is 7.14. The highest BCUT2D eigenvalue weighted by molar-refractivity contribution is 8.00. The van der Waals surface area contributed by atoms with Gasteiger partial charge in [0.25, 0.3) is 0 Å². The summed E-state index contributed by atoms with van der Waals surface area (Å²) >= 11 is 0.758. The molecule has 1 aromatic rings. The van der Waals surface area contributed by atoms with Crippen molar-refractivity contribution in [3.63, 3.8) is 0 Å². The Balaban J connectivity index is 2.84. The monoisotopic (exact) mass is 216 g/mol. The van der Waals surface area contributed by atoms with E-state index in [9.17, 15) is 20.0 Å². The highest BCUT2D eigenvalue weighted by atomic mass is 32.2. The van der Waals surface area contributed by atoms with Gasteiger partial charge in [0.05, 0.1) is 5.97 Å². The molecule has 0 spiro atoms. The summed E-state index contributed by atoms with van der Waals surface area (Å²) in [6, 6.07) is 0. The van der Waals surface area contributed by atoms with Crippen LogP contribution < -0.4 is 5.11 Å². The van der Waals surface area contributed by atoms with Crippen LogP contribution >= 0.6 is 11.8 Å². The molecule has 0 saturated carbocycles. The minimum atomic E-state index is -1.29. The normalized spacial score (nSPS) is 10.1. The number of aliphatic carboxylic acids is 1. The largest absolute Gasteiger partial charge is 0.549 e. The maximum absolute atomic E-state index is 10.4. The van der Waals surface area contributed by atoms with Crippen LogP contribution in [0.1, 0.15) is 5.82 Å². The number of carbonyl (C=O) groups is 1. The molecule has 1 N–H and O–H groups in total. The number of hydrogen-bond donors (Lipinski definition) is 1. The number of carbonyl (C=O) groups excluding carboxylic acids is 1. The van der Waals surface area contributed by atoms with Gasteiger partial charge in [-0.3, -0.25) is 0 Å². The summed E-state index contributed by atoms with van der Waals surface area (Å²) in [6.45, 7) is 1.55. The first-order chi connectivity index (χ1) is 6.50. The summed E-state index contributed by atoms with van der Waals surface area (Å²) in [7, 11) is 0. The summed E-state index contributed by atoms with van der Waals surface area (Å²) < 4.78 is 0. The molecule has 0 aliphatic heterocycles. The summed E-state index contributed by atoms with van der Waals surface area (Å²) in [5.74, 6) is -1.55. The molecule has 8 heteroatoms. The molecule has 0 radical (unpaired) electrons. The molecular formula is C6H6N3O4S-. The second kappa shape index (κ2) is 4.09. The van der Waals surface area contributed by atoms with Crippen LogP contribution in [0, 0.1) is 17.0 Å². The van der Waals surface area contributed by atoms with Gasteiger partial charge in [0.2, 0.25) is 0 Å². The first-order valence-electron chi connectivity index (χ1n) is 3.54. The molecule has 14 heavy (non-hydrogen) atoms. The van der Waals surface area contributed by atoms with Crippen LogP contribution in [0.5, 0.6) is 0 Å². The molecule has 0 aliphatic rings. The van der Waals surface area contributed by atoms with Crippen molar-refractivity contribution >= 4 is 23.5 Å². The van der Waals surface area contributed by atoms with E-state index in [1.807, 2.05) is 0 Å². The number of rotatable bonds is 4. The molecular weight excluding hydrogens is 210 g/mol. The number of carboxylic acid groups (broad SMARTS) is 1. The van der Waals surface area contributed by atoms with Gasteiger partial charge in [-0.15, -0.1) is 0 Å². The van der Waals surface area contributed by atoms with E-state index in [1.165, 1.54) is 0 Å². The fraction of sp³-hybridized carbons (Fsp3) is 0.333. The van der Waals surface area contributed by atoms with Crippen LogP contribution in [0.2, 0.25) is 0 Å². The number of H-pyrrole nitrogens is 1. The smallest absolute Gasteiger partial charge is 0.354 e. The van der Waals surface area contributed by atoms with Gasteiger partial charge in [-0.25, -0.2) is 4.98 Å². The third-order valence-corrected chi connectivity index (χ3v) is 2.22. The molecule has 76 valence electrons. The summed E-state index contributed by atoms with van der Waals surface area (Å²) in [5, 5.41) is 20.6. The van der Waals surface area contributed by atoms with Crippen molar-refractivity contribution in [2.75, 3.05) is 5.75 Å². The lowest BCUT2D eigenvalue weighted by molar-refractivity contribution is -0.392. The molecule has 0 amide bonds. The second-order valence-electron chi connectivity index (χ2n) is 2.39. The Hall–Kier alpha value is -1.57. The lowest BCUT2D eigenvalue weighted by Crippen LogP contribution is -2.24. The Morgan fingerprint density at radius 2 is 2.36 bits per heavy atom. The number of nitrogens with one attached hydrogen (secondary N) is 1. The molecule has 0 unspecified atom stereocenters. The fourth-order valence-corrected chi connectivity index (χ4v) is 1.53. The van der Waals surface area contributed by atoms with E-state index in [-0.39, 0.29) is 16.6 Å². The third-order valence-electron chi connectivity index (χ3n) is 1.28. The lowest BCUT2D eigenvalue weighted by Gasteiger charge is -1.98. The van der Waals surface area contributed by atoms with Gasteiger partial charge in [-0.05, 0) is 4.92 Å². The minimum absolute atomic E-state index is 0.0664. The molecule has 0 bridgehead atoms. The summed E-state index contributed by atoms with van der Waals surface area (Å²) in [6.07, 6.45) is 0. The van der Waals surface area contributed by atoms with Gasteiger partial charge in [0.1, 0.15) is 0 Å². The molecule has 1 heterocycles. The Labute approximate surface area is 82.7 Å².